The summed E-state index contributed by atoms with van der Waals surface area (Å²) < 4.78 is 5.15. The third-order valence-electron chi connectivity index (χ3n) is 2.43. The Hall–Kier alpha value is -0.960. The van der Waals surface area contributed by atoms with Gasteiger partial charge in [0.1, 0.15) is 5.76 Å². The number of amides is 1. The number of carbonyl (C=O) groups is 1. The van der Waals surface area contributed by atoms with Crippen LogP contribution in [0.25, 0.3) is 0 Å². The Bertz CT molecular complexity index is 298. The van der Waals surface area contributed by atoms with Crippen LogP contribution in [0.15, 0.2) is 22.8 Å². The van der Waals surface area contributed by atoms with Crippen LogP contribution in [0.4, 0.5) is 0 Å². The van der Waals surface area contributed by atoms with Crippen LogP contribution in [0, 0.1) is 5.92 Å². The molecule has 1 unspecified atom stereocenters. The fourth-order valence-electron chi connectivity index (χ4n) is 1.36. The van der Waals surface area contributed by atoms with Crippen molar-refractivity contribution in [2.45, 2.75) is 26.2 Å². The quantitative estimate of drug-likeness (QED) is 0.748. The molecular weight excluding hydrogens is 226 g/mol. The molecule has 0 spiro atoms. The monoisotopic (exact) mass is 243 g/mol. The van der Waals surface area contributed by atoms with E-state index in [1.807, 2.05) is 12.1 Å². The molecule has 1 atom stereocenters. The Labute approximate surface area is 101 Å². The van der Waals surface area contributed by atoms with E-state index in [-0.39, 0.29) is 5.91 Å². The lowest BCUT2D eigenvalue weighted by Gasteiger charge is -2.10. The Balaban J connectivity index is 2.11. The minimum absolute atomic E-state index is 0.0674. The van der Waals surface area contributed by atoms with Gasteiger partial charge in [0.25, 0.3) is 0 Å². The third kappa shape index (κ3) is 5.21. The van der Waals surface area contributed by atoms with Gasteiger partial charge in [-0.25, -0.2) is 0 Å². The fourth-order valence-corrected chi connectivity index (χ4v) is 1.73. The lowest BCUT2D eigenvalue weighted by atomic mass is 10.1. The van der Waals surface area contributed by atoms with Crippen molar-refractivity contribution < 1.29 is 9.21 Å². The fraction of sp³-hybridized carbons (Fsp3) is 0.583. The molecule has 0 radical (unpaired) electrons. The van der Waals surface area contributed by atoms with Crippen molar-refractivity contribution in [1.82, 2.24) is 5.32 Å². The second-order valence-electron chi connectivity index (χ2n) is 3.97. The topological polar surface area (TPSA) is 42.2 Å². The first kappa shape index (κ1) is 13.1. The minimum atomic E-state index is 0.0674. The van der Waals surface area contributed by atoms with Crippen LogP contribution in [-0.4, -0.2) is 18.3 Å². The molecule has 1 aromatic rings. The molecule has 1 aromatic heterocycles. The number of alkyl halides is 1. The molecule has 0 fully saturated rings. The molecule has 0 saturated heterocycles. The van der Waals surface area contributed by atoms with Crippen molar-refractivity contribution in [1.29, 1.82) is 0 Å². The van der Waals surface area contributed by atoms with E-state index in [9.17, 15) is 4.79 Å². The molecular formula is C12H18ClNO2. The number of halogens is 1. The third-order valence-corrected chi connectivity index (χ3v) is 2.65. The molecule has 16 heavy (non-hydrogen) atoms. The molecule has 0 aromatic carbocycles. The standard InChI is InChI=1S/C12H18ClNO2/c1-10(6-7-13)9-14-12(15)5-4-11-3-2-8-16-11/h2-3,8,10H,4-7,9H2,1H3,(H,14,15). The molecule has 0 saturated carbocycles. The van der Waals surface area contributed by atoms with E-state index < -0.39 is 0 Å². The molecule has 3 nitrogen and oxygen atoms in total. The van der Waals surface area contributed by atoms with Crippen LogP contribution in [0.5, 0.6) is 0 Å². The molecule has 90 valence electrons. The van der Waals surface area contributed by atoms with Gasteiger partial charge in [-0.1, -0.05) is 6.92 Å². The molecule has 0 bridgehead atoms. The van der Waals surface area contributed by atoms with E-state index >= 15 is 0 Å². The van der Waals surface area contributed by atoms with Gasteiger partial charge in [-0.3, -0.25) is 4.79 Å². The van der Waals surface area contributed by atoms with Crippen LogP contribution in [0.1, 0.15) is 25.5 Å². The summed E-state index contributed by atoms with van der Waals surface area (Å²) >= 11 is 5.62. The van der Waals surface area contributed by atoms with Crippen LogP contribution < -0.4 is 5.32 Å². The number of nitrogens with one attached hydrogen (secondary N) is 1. The van der Waals surface area contributed by atoms with Crippen LogP contribution >= 0.6 is 11.6 Å². The maximum atomic E-state index is 11.5. The summed E-state index contributed by atoms with van der Waals surface area (Å²) in [5.41, 5.74) is 0. The number of hydrogen-bond acceptors (Lipinski definition) is 2. The van der Waals surface area contributed by atoms with E-state index in [1.54, 1.807) is 6.26 Å². The molecule has 0 aliphatic heterocycles. The van der Waals surface area contributed by atoms with E-state index in [1.165, 1.54) is 0 Å². The van der Waals surface area contributed by atoms with Crippen LogP contribution in [0.2, 0.25) is 0 Å². The van der Waals surface area contributed by atoms with Gasteiger partial charge in [0.2, 0.25) is 5.91 Å². The molecule has 0 aliphatic rings. The van der Waals surface area contributed by atoms with Gasteiger partial charge in [-0.2, -0.15) is 0 Å². The first-order valence-electron chi connectivity index (χ1n) is 5.57. The van der Waals surface area contributed by atoms with Gasteiger partial charge >= 0.3 is 0 Å². The van der Waals surface area contributed by atoms with E-state index in [2.05, 4.69) is 12.2 Å². The summed E-state index contributed by atoms with van der Waals surface area (Å²) in [6.07, 6.45) is 3.68. The van der Waals surface area contributed by atoms with E-state index in [0.717, 1.165) is 12.2 Å². The number of aryl methyl sites for hydroxylation is 1. The number of furan rings is 1. The first-order chi connectivity index (χ1) is 7.72. The van der Waals surface area contributed by atoms with Gasteiger partial charge < -0.3 is 9.73 Å². The molecule has 4 heteroatoms. The SMILES string of the molecule is CC(CCCl)CNC(=O)CCc1ccco1. The summed E-state index contributed by atoms with van der Waals surface area (Å²) in [6.45, 7) is 2.78. The summed E-state index contributed by atoms with van der Waals surface area (Å²) in [5.74, 6) is 2.00. The molecule has 1 rings (SSSR count). The van der Waals surface area contributed by atoms with E-state index in [4.69, 9.17) is 16.0 Å². The summed E-state index contributed by atoms with van der Waals surface area (Å²) in [6, 6.07) is 3.71. The largest absolute Gasteiger partial charge is 0.469 e. The molecule has 1 amide bonds. The summed E-state index contributed by atoms with van der Waals surface area (Å²) in [4.78, 5) is 11.5. The average Bonchev–Trinajstić information content (AvgIpc) is 2.77. The smallest absolute Gasteiger partial charge is 0.220 e. The number of carbonyl (C=O) groups excluding carboxylic acids is 1. The van der Waals surface area contributed by atoms with Crippen molar-refractivity contribution in [2.24, 2.45) is 5.92 Å². The van der Waals surface area contributed by atoms with E-state index in [0.29, 0.717) is 31.2 Å². The predicted molar refractivity (Wildman–Crippen MR) is 64.5 cm³/mol. The van der Waals surface area contributed by atoms with Gasteiger partial charge in [0.05, 0.1) is 6.26 Å². The highest BCUT2D eigenvalue weighted by Gasteiger charge is 2.06. The average molecular weight is 244 g/mol. The highest BCUT2D eigenvalue weighted by atomic mass is 35.5. The molecule has 1 N–H and O–H groups in total. The Morgan fingerprint density at radius 1 is 1.62 bits per heavy atom. The minimum Gasteiger partial charge on any atom is -0.469 e. The van der Waals surface area contributed by atoms with Gasteiger partial charge in [-0.15, -0.1) is 11.6 Å². The summed E-state index contributed by atoms with van der Waals surface area (Å²) in [5, 5.41) is 2.89. The highest BCUT2D eigenvalue weighted by Crippen LogP contribution is 2.04. The first-order valence-corrected chi connectivity index (χ1v) is 6.11. The van der Waals surface area contributed by atoms with Crippen molar-refractivity contribution >= 4 is 17.5 Å². The van der Waals surface area contributed by atoms with Crippen LogP contribution in [0.3, 0.4) is 0 Å². The zero-order chi connectivity index (χ0) is 11.8. The van der Waals surface area contributed by atoms with Gasteiger partial charge in [0, 0.05) is 25.3 Å². The molecule has 0 aliphatic carbocycles. The summed E-state index contributed by atoms with van der Waals surface area (Å²) in [7, 11) is 0. The maximum Gasteiger partial charge on any atom is 0.220 e. The number of rotatable bonds is 7. The van der Waals surface area contributed by atoms with Gasteiger partial charge in [-0.05, 0) is 24.5 Å². The Morgan fingerprint density at radius 2 is 2.44 bits per heavy atom. The number of hydrogen-bond donors (Lipinski definition) is 1. The normalized spacial score (nSPS) is 12.4. The lowest BCUT2D eigenvalue weighted by Crippen LogP contribution is -2.28. The second-order valence-corrected chi connectivity index (χ2v) is 4.34. The predicted octanol–water partition coefficient (Wildman–Crippen LogP) is 2.59. The van der Waals surface area contributed by atoms with Crippen molar-refractivity contribution in [2.75, 3.05) is 12.4 Å². The van der Waals surface area contributed by atoms with Crippen molar-refractivity contribution in [3.8, 4) is 0 Å². The van der Waals surface area contributed by atoms with Crippen molar-refractivity contribution in [3.63, 3.8) is 0 Å². The zero-order valence-electron chi connectivity index (χ0n) is 9.54. The Morgan fingerprint density at radius 3 is 3.06 bits per heavy atom. The Kier molecular flexibility index (Phi) is 6.01. The lowest BCUT2D eigenvalue weighted by molar-refractivity contribution is -0.121. The van der Waals surface area contributed by atoms with Crippen LogP contribution in [-0.2, 0) is 11.2 Å². The highest BCUT2D eigenvalue weighted by molar-refractivity contribution is 6.17. The maximum absolute atomic E-state index is 11.5. The van der Waals surface area contributed by atoms with Crippen molar-refractivity contribution in [3.05, 3.63) is 24.2 Å². The zero-order valence-corrected chi connectivity index (χ0v) is 10.3. The van der Waals surface area contributed by atoms with Gasteiger partial charge in [0.15, 0.2) is 0 Å². The second kappa shape index (κ2) is 7.34. The molecule has 1 heterocycles.